The molecule has 0 amide bonds. The highest BCUT2D eigenvalue weighted by Gasteiger charge is 2.23. The molecular formula is C42H25Br3N2O2. The number of aromatic nitrogens is 2. The van der Waals surface area contributed by atoms with Crippen molar-refractivity contribution in [3.63, 3.8) is 0 Å². The monoisotopic (exact) mass is 826 g/mol. The van der Waals surface area contributed by atoms with Crippen molar-refractivity contribution in [3.05, 3.63) is 165 Å². The van der Waals surface area contributed by atoms with Crippen molar-refractivity contribution < 1.29 is 9.47 Å². The Labute approximate surface area is 307 Å². The van der Waals surface area contributed by atoms with Gasteiger partial charge in [-0.3, -0.25) is 0 Å². The van der Waals surface area contributed by atoms with Crippen LogP contribution < -0.4 is 9.47 Å². The number of para-hydroxylation sites is 5. The fraction of sp³-hybridized carbons (Fsp3) is 0. The summed E-state index contributed by atoms with van der Waals surface area (Å²) in [5.74, 6) is 2.64. The Bertz CT molecular complexity index is 2650. The average Bonchev–Trinajstić information content (AvgIpc) is 3.65. The smallest absolute Gasteiger partial charge is 0.147 e. The van der Waals surface area contributed by atoms with E-state index in [1.165, 1.54) is 21.5 Å². The SMILES string of the molecule is Brc1ccccc1Oc1cc(-n2c3ccccc3c3ccc4c(c5ccccc5n4-c4ccccc4)c32)cc(Oc2ccccc2Br)c1Br. The minimum Gasteiger partial charge on any atom is -0.455 e. The summed E-state index contributed by atoms with van der Waals surface area (Å²) in [5.41, 5.74) is 6.51. The highest BCUT2D eigenvalue weighted by Crippen LogP contribution is 2.47. The number of halogens is 3. The average molecular weight is 829 g/mol. The van der Waals surface area contributed by atoms with Gasteiger partial charge in [0.25, 0.3) is 0 Å². The van der Waals surface area contributed by atoms with E-state index in [2.05, 4.69) is 160 Å². The van der Waals surface area contributed by atoms with Crippen LogP contribution in [0.2, 0.25) is 0 Å². The van der Waals surface area contributed by atoms with Gasteiger partial charge in [0.15, 0.2) is 0 Å². The van der Waals surface area contributed by atoms with Crippen LogP contribution in [0.3, 0.4) is 0 Å². The zero-order chi connectivity index (χ0) is 33.1. The lowest BCUT2D eigenvalue weighted by molar-refractivity contribution is 0.452. The number of rotatable bonds is 6. The zero-order valence-electron chi connectivity index (χ0n) is 25.8. The minimum atomic E-state index is 0.622. The van der Waals surface area contributed by atoms with E-state index in [0.717, 1.165) is 42.4 Å². The van der Waals surface area contributed by atoms with E-state index in [9.17, 15) is 0 Å². The number of hydrogen-bond acceptors (Lipinski definition) is 2. The van der Waals surface area contributed by atoms with Crippen molar-refractivity contribution >= 4 is 91.4 Å². The molecule has 0 fully saturated rings. The molecule has 0 N–H and O–H groups in total. The summed E-state index contributed by atoms with van der Waals surface area (Å²) in [7, 11) is 0. The molecule has 2 aromatic heterocycles. The molecule has 0 radical (unpaired) electrons. The van der Waals surface area contributed by atoms with Crippen LogP contribution in [-0.4, -0.2) is 9.13 Å². The van der Waals surface area contributed by atoms with Crippen LogP contribution >= 0.6 is 47.8 Å². The van der Waals surface area contributed by atoms with E-state index in [1.807, 2.05) is 48.5 Å². The number of nitrogens with zero attached hydrogens (tertiary/aromatic N) is 2. The van der Waals surface area contributed by atoms with Crippen molar-refractivity contribution in [1.29, 1.82) is 0 Å². The summed E-state index contributed by atoms with van der Waals surface area (Å²) in [4.78, 5) is 0. The van der Waals surface area contributed by atoms with Gasteiger partial charge >= 0.3 is 0 Å². The van der Waals surface area contributed by atoms with E-state index in [-0.39, 0.29) is 0 Å². The molecule has 7 heteroatoms. The Balaban J connectivity index is 1.39. The lowest BCUT2D eigenvalue weighted by Gasteiger charge is -2.18. The van der Waals surface area contributed by atoms with Gasteiger partial charge in [-0.05, 0) is 102 Å². The predicted molar refractivity (Wildman–Crippen MR) is 211 cm³/mol. The molecule has 9 rings (SSSR count). The molecule has 0 aliphatic rings. The van der Waals surface area contributed by atoms with Gasteiger partial charge in [0, 0.05) is 39.4 Å². The van der Waals surface area contributed by atoms with E-state index in [1.54, 1.807) is 0 Å². The Morgan fingerprint density at radius 3 is 1.55 bits per heavy atom. The van der Waals surface area contributed by atoms with Gasteiger partial charge in [0.05, 0.1) is 36.7 Å². The fourth-order valence-electron chi connectivity index (χ4n) is 6.76. The first-order valence-electron chi connectivity index (χ1n) is 15.8. The van der Waals surface area contributed by atoms with E-state index in [4.69, 9.17) is 9.47 Å². The summed E-state index contributed by atoms with van der Waals surface area (Å²) in [6, 6.07) is 52.2. The third-order valence-electron chi connectivity index (χ3n) is 8.85. The van der Waals surface area contributed by atoms with Gasteiger partial charge in [-0.2, -0.15) is 0 Å². The summed E-state index contributed by atoms with van der Waals surface area (Å²) in [5, 5.41) is 4.70. The summed E-state index contributed by atoms with van der Waals surface area (Å²) < 4.78 is 20.4. The largest absolute Gasteiger partial charge is 0.455 e. The number of hydrogen-bond donors (Lipinski definition) is 0. The van der Waals surface area contributed by atoms with Crippen LogP contribution in [-0.2, 0) is 0 Å². The zero-order valence-corrected chi connectivity index (χ0v) is 30.5. The van der Waals surface area contributed by atoms with E-state index >= 15 is 0 Å². The van der Waals surface area contributed by atoms with Gasteiger partial charge in [0.1, 0.15) is 27.5 Å². The maximum Gasteiger partial charge on any atom is 0.147 e. The highest BCUT2D eigenvalue weighted by atomic mass is 79.9. The molecule has 0 saturated heterocycles. The molecule has 2 heterocycles. The first kappa shape index (κ1) is 30.3. The molecule has 7 aromatic carbocycles. The van der Waals surface area contributed by atoms with Crippen LogP contribution in [0.4, 0.5) is 0 Å². The van der Waals surface area contributed by atoms with Gasteiger partial charge in [-0.1, -0.05) is 84.9 Å². The topological polar surface area (TPSA) is 28.3 Å². The van der Waals surface area contributed by atoms with Crippen molar-refractivity contribution in [1.82, 2.24) is 9.13 Å². The second-order valence-corrected chi connectivity index (χ2v) is 14.2. The number of ether oxygens (including phenoxy) is 2. The standard InChI is InChI=1S/C42H25Br3N2O2/c43-31-16-6-10-20-36(31)48-38-24-27(25-39(41(38)45)49-37-21-11-7-17-32(37)44)47-33-18-8-4-14-28(33)29-22-23-35-40(42(29)47)30-15-5-9-19-34(30)46(35)26-12-2-1-3-13-26/h1-25H. The van der Waals surface area contributed by atoms with Gasteiger partial charge in [-0.15, -0.1) is 0 Å². The fourth-order valence-corrected chi connectivity index (χ4v) is 7.88. The second-order valence-electron chi connectivity index (χ2n) is 11.7. The second kappa shape index (κ2) is 12.3. The van der Waals surface area contributed by atoms with E-state index in [0.29, 0.717) is 27.5 Å². The molecule has 0 aliphatic carbocycles. The quantitative estimate of drug-likeness (QED) is 0.167. The van der Waals surface area contributed by atoms with Gasteiger partial charge in [0.2, 0.25) is 0 Å². The van der Waals surface area contributed by atoms with Gasteiger partial charge in [-0.25, -0.2) is 0 Å². The predicted octanol–water partition coefficient (Wildman–Crippen LogP) is 13.8. The molecule has 0 saturated carbocycles. The third-order valence-corrected chi connectivity index (χ3v) is 10.9. The van der Waals surface area contributed by atoms with Crippen molar-refractivity contribution in [3.8, 4) is 34.4 Å². The number of fused-ring (bicyclic) bond motifs is 7. The number of benzene rings is 7. The molecule has 49 heavy (non-hydrogen) atoms. The normalized spacial score (nSPS) is 11.6. The van der Waals surface area contributed by atoms with Crippen LogP contribution in [0, 0.1) is 0 Å². The van der Waals surface area contributed by atoms with Crippen molar-refractivity contribution in [2.24, 2.45) is 0 Å². The van der Waals surface area contributed by atoms with E-state index < -0.39 is 0 Å². The molecule has 0 spiro atoms. The molecule has 0 unspecified atom stereocenters. The van der Waals surface area contributed by atoms with Crippen molar-refractivity contribution in [2.45, 2.75) is 0 Å². The molecule has 0 bridgehead atoms. The van der Waals surface area contributed by atoms with Crippen LogP contribution in [0.25, 0.3) is 55.0 Å². The van der Waals surface area contributed by atoms with Gasteiger partial charge < -0.3 is 18.6 Å². The minimum absolute atomic E-state index is 0.622. The van der Waals surface area contributed by atoms with Crippen LogP contribution in [0.15, 0.2) is 165 Å². The summed E-state index contributed by atoms with van der Waals surface area (Å²) >= 11 is 11.2. The Kier molecular flexibility index (Phi) is 7.57. The lowest BCUT2D eigenvalue weighted by atomic mass is 10.1. The molecule has 0 atom stereocenters. The molecule has 236 valence electrons. The Morgan fingerprint density at radius 2 is 0.918 bits per heavy atom. The molecule has 4 nitrogen and oxygen atoms in total. The molecule has 0 aliphatic heterocycles. The Hall–Kier alpha value is -4.82. The maximum absolute atomic E-state index is 6.63. The first-order chi connectivity index (χ1) is 24.1. The summed E-state index contributed by atoms with van der Waals surface area (Å²) in [6.45, 7) is 0. The molecular weight excluding hydrogens is 804 g/mol. The lowest BCUT2D eigenvalue weighted by Crippen LogP contribution is -1.99. The highest BCUT2D eigenvalue weighted by molar-refractivity contribution is 9.11. The Morgan fingerprint density at radius 1 is 0.388 bits per heavy atom. The van der Waals surface area contributed by atoms with Crippen LogP contribution in [0.1, 0.15) is 0 Å². The molecule has 9 aromatic rings. The summed E-state index contributed by atoms with van der Waals surface area (Å²) in [6.07, 6.45) is 0. The van der Waals surface area contributed by atoms with Crippen molar-refractivity contribution in [2.75, 3.05) is 0 Å². The maximum atomic E-state index is 6.63. The third kappa shape index (κ3) is 5.07. The first-order valence-corrected chi connectivity index (χ1v) is 18.1. The van der Waals surface area contributed by atoms with Crippen LogP contribution in [0.5, 0.6) is 23.0 Å².